The molecular formula is C24H27N7O4. The third-order valence-electron chi connectivity index (χ3n) is 5.72. The Balaban J connectivity index is 1.50. The predicted molar refractivity (Wildman–Crippen MR) is 132 cm³/mol. The van der Waals surface area contributed by atoms with Gasteiger partial charge in [0.2, 0.25) is 0 Å². The van der Waals surface area contributed by atoms with Gasteiger partial charge in [0.15, 0.2) is 5.82 Å². The van der Waals surface area contributed by atoms with Crippen molar-refractivity contribution in [3.8, 4) is 5.75 Å². The Morgan fingerprint density at radius 1 is 1.17 bits per heavy atom. The number of nitrogens with one attached hydrogen (secondary N) is 2. The van der Waals surface area contributed by atoms with Crippen molar-refractivity contribution in [1.29, 1.82) is 0 Å². The van der Waals surface area contributed by atoms with Crippen LogP contribution in [0.15, 0.2) is 47.7 Å². The molecule has 1 aliphatic rings. The molecule has 0 saturated carbocycles. The molecule has 1 fully saturated rings. The lowest BCUT2D eigenvalue weighted by Gasteiger charge is -2.34. The van der Waals surface area contributed by atoms with Crippen LogP contribution in [0.5, 0.6) is 5.75 Å². The number of piperazine rings is 1. The highest BCUT2D eigenvalue weighted by molar-refractivity contribution is 6.45. The van der Waals surface area contributed by atoms with Gasteiger partial charge in [-0.05, 0) is 19.1 Å². The predicted octanol–water partition coefficient (Wildman–Crippen LogP) is 1.48. The summed E-state index contributed by atoms with van der Waals surface area (Å²) in [4.78, 5) is 53.4. The number of benzene rings is 1. The number of methoxy groups -OCH3 is 1. The molecule has 3 aromatic rings. The van der Waals surface area contributed by atoms with Crippen LogP contribution in [0, 0.1) is 0 Å². The first-order valence-electron chi connectivity index (χ1n) is 11.2. The van der Waals surface area contributed by atoms with Crippen LogP contribution >= 0.6 is 0 Å². The summed E-state index contributed by atoms with van der Waals surface area (Å²) in [7, 11) is 1.47. The molecule has 0 spiro atoms. The second-order valence-electron chi connectivity index (χ2n) is 8.07. The van der Waals surface area contributed by atoms with Crippen LogP contribution < -0.4 is 15.8 Å². The molecule has 2 aromatic heterocycles. The lowest BCUT2D eigenvalue weighted by atomic mass is 10.1. The zero-order chi connectivity index (χ0) is 24.9. The van der Waals surface area contributed by atoms with Crippen LogP contribution in [0.3, 0.4) is 0 Å². The molecule has 0 bridgehead atoms. The van der Waals surface area contributed by atoms with E-state index in [0.717, 1.165) is 0 Å². The van der Waals surface area contributed by atoms with E-state index in [1.54, 1.807) is 24.0 Å². The van der Waals surface area contributed by atoms with Gasteiger partial charge in [0, 0.05) is 37.9 Å². The number of carbonyl (C=O) groups excluding carboxylic acids is 3. The number of ketones is 1. The number of rotatable bonds is 7. The molecule has 0 radical (unpaired) electrons. The van der Waals surface area contributed by atoms with Crippen molar-refractivity contribution in [3.05, 3.63) is 53.9 Å². The number of hydrogen-bond acceptors (Lipinski definition) is 7. The molecule has 182 valence electrons. The number of anilines is 1. The van der Waals surface area contributed by atoms with E-state index in [9.17, 15) is 14.4 Å². The van der Waals surface area contributed by atoms with Crippen LogP contribution in [0.25, 0.3) is 10.9 Å². The summed E-state index contributed by atoms with van der Waals surface area (Å²) >= 11 is 0. The van der Waals surface area contributed by atoms with Gasteiger partial charge >= 0.3 is 0 Å². The summed E-state index contributed by atoms with van der Waals surface area (Å²) < 4.78 is 5.40. The number of hydrogen-bond donors (Lipinski definition) is 3. The highest BCUT2D eigenvalue weighted by Gasteiger charge is 2.31. The van der Waals surface area contributed by atoms with Gasteiger partial charge in [0.25, 0.3) is 17.6 Å². The first kappa shape index (κ1) is 23.9. The van der Waals surface area contributed by atoms with Gasteiger partial charge in [-0.2, -0.15) is 0 Å². The minimum Gasteiger partial charge on any atom is -0.494 e. The molecule has 4 N–H and O–H groups in total. The summed E-state index contributed by atoms with van der Waals surface area (Å²) in [6.07, 6.45) is 3.96. The number of fused-ring (bicyclic) bond motifs is 1. The molecule has 11 heteroatoms. The van der Waals surface area contributed by atoms with E-state index in [-0.39, 0.29) is 24.6 Å². The van der Waals surface area contributed by atoms with Crippen molar-refractivity contribution in [1.82, 2.24) is 19.8 Å². The molecule has 1 atom stereocenters. The lowest BCUT2D eigenvalue weighted by molar-refractivity contribution is -0.127. The Morgan fingerprint density at radius 2 is 1.86 bits per heavy atom. The van der Waals surface area contributed by atoms with Crippen molar-refractivity contribution in [2.24, 2.45) is 10.7 Å². The van der Waals surface area contributed by atoms with Gasteiger partial charge in [-0.15, -0.1) is 0 Å². The summed E-state index contributed by atoms with van der Waals surface area (Å²) in [5.74, 6) is -0.635. The minimum absolute atomic E-state index is 0.0921. The maximum atomic E-state index is 13.2. The fraction of sp³-hybridized carbons (Fsp3) is 0.292. The number of H-pyrrole nitrogens is 1. The van der Waals surface area contributed by atoms with Gasteiger partial charge in [0.1, 0.15) is 5.75 Å². The van der Waals surface area contributed by atoms with Crippen molar-refractivity contribution in [2.45, 2.75) is 13.1 Å². The number of carbonyl (C=O) groups is 3. The first-order chi connectivity index (χ1) is 16.9. The maximum Gasteiger partial charge on any atom is 0.295 e. The van der Waals surface area contributed by atoms with Gasteiger partial charge < -0.3 is 30.6 Å². The first-order valence-corrected chi connectivity index (χ1v) is 11.2. The molecule has 3 heterocycles. The van der Waals surface area contributed by atoms with Gasteiger partial charge in [-0.3, -0.25) is 19.4 Å². The Hall–Kier alpha value is -4.25. The smallest absolute Gasteiger partial charge is 0.295 e. The monoisotopic (exact) mass is 477 g/mol. The molecule has 0 aliphatic carbocycles. The van der Waals surface area contributed by atoms with Crippen LogP contribution in [-0.4, -0.2) is 83.2 Å². The van der Waals surface area contributed by atoms with Crippen molar-refractivity contribution in [3.63, 3.8) is 0 Å². The second kappa shape index (κ2) is 10.3. The summed E-state index contributed by atoms with van der Waals surface area (Å²) in [6.45, 7) is 2.96. The molecule has 1 saturated heterocycles. The normalized spacial score (nSPS) is 14.8. The number of amides is 2. The van der Waals surface area contributed by atoms with Crippen LogP contribution in [-0.2, 0) is 4.79 Å². The maximum absolute atomic E-state index is 13.2. The highest BCUT2D eigenvalue weighted by atomic mass is 16.5. The van der Waals surface area contributed by atoms with Crippen LogP contribution in [0.4, 0.5) is 5.82 Å². The van der Waals surface area contributed by atoms with E-state index >= 15 is 0 Å². The second-order valence-corrected chi connectivity index (χ2v) is 8.07. The van der Waals surface area contributed by atoms with Gasteiger partial charge in [-0.25, -0.2) is 4.98 Å². The largest absolute Gasteiger partial charge is 0.494 e. The number of aromatic amines is 1. The van der Waals surface area contributed by atoms with Crippen molar-refractivity contribution < 1.29 is 19.1 Å². The molecule has 2 amide bonds. The van der Waals surface area contributed by atoms with Gasteiger partial charge in [-0.1, -0.05) is 18.2 Å². The number of aliphatic imine (C=N–C) groups is 1. The Bertz CT molecular complexity index is 1260. The summed E-state index contributed by atoms with van der Waals surface area (Å²) in [5, 5.41) is 3.37. The number of Topliss-reactive ketones (excluding diaryl/α,β-unsaturated/α-hetero) is 1. The van der Waals surface area contributed by atoms with E-state index in [2.05, 4.69) is 20.3 Å². The van der Waals surface area contributed by atoms with E-state index < -0.39 is 17.9 Å². The standard InChI is InChI=1S/C24H27N7O4/c1-15(25)28-14-29-22-20-19(18(35-2)13-27-22)17(12-26-20)21(32)24(34)31-10-8-30(9-11-31)23(33)16-6-4-3-5-7-16/h3-7,12-15,26H,8-11,25H2,1-2H3,(H,27,28,29). The Morgan fingerprint density at radius 3 is 2.51 bits per heavy atom. The topological polar surface area (TPSA) is 146 Å². The number of nitrogens with two attached hydrogens (primary N) is 1. The number of pyridine rings is 1. The lowest BCUT2D eigenvalue weighted by Crippen LogP contribution is -2.52. The fourth-order valence-corrected chi connectivity index (χ4v) is 3.91. The molecule has 35 heavy (non-hydrogen) atoms. The van der Waals surface area contributed by atoms with Gasteiger partial charge in [0.05, 0.1) is 42.3 Å². The van der Waals surface area contributed by atoms with E-state index in [4.69, 9.17) is 10.5 Å². The minimum atomic E-state index is -0.668. The summed E-state index contributed by atoms with van der Waals surface area (Å²) in [6, 6.07) is 8.98. The zero-order valence-corrected chi connectivity index (χ0v) is 19.5. The SMILES string of the molecule is COc1cnc(N/C=N\C(C)N)c2[nH]cc(C(=O)C(=O)N3CCN(C(=O)c4ccccc4)CC3)c12. The average Bonchev–Trinajstić information content (AvgIpc) is 3.33. The van der Waals surface area contributed by atoms with E-state index in [0.29, 0.717) is 41.1 Å². The van der Waals surface area contributed by atoms with Crippen LogP contribution in [0.2, 0.25) is 0 Å². The summed E-state index contributed by atoms with van der Waals surface area (Å²) in [5.41, 5.74) is 6.89. The average molecular weight is 478 g/mol. The van der Waals surface area contributed by atoms with E-state index in [1.807, 2.05) is 18.2 Å². The highest BCUT2D eigenvalue weighted by Crippen LogP contribution is 2.32. The molecular weight excluding hydrogens is 450 g/mol. The number of aromatic nitrogens is 2. The Kier molecular flexibility index (Phi) is 7.06. The fourth-order valence-electron chi connectivity index (χ4n) is 3.91. The third-order valence-corrected chi connectivity index (χ3v) is 5.72. The molecule has 1 aliphatic heterocycles. The zero-order valence-electron chi connectivity index (χ0n) is 19.5. The molecule has 4 rings (SSSR count). The quantitative estimate of drug-likeness (QED) is 0.202. The van der Waals surface area contributed by atoms with Crippen molar-refractivity contribution in [2.75, 3.05) is 38.6 Å². The molecule has 1 aromatic carbocycles. The molecule has 11 nitrogen and oxygen atoms in total. The number of ether oxygens (including phenoxy) is 1. The number of nitrogens with zero attached hydrogens (tertiary/aromatic N) is 4. The Labute approximate surface area is 202 Å². The van der Waals surface area contributed by atoms with Crippen LogP contribution in [0.1, 0.15) is 27.6 Å². The van der Waals surface area contributed by atoms with E-state index in [1.165, 1.54) is 30.7 Å². The van der Waals surface area contributed by atoms with Crippen molar-refractivity contribution >= 4 is 40.7 Å². The third kappa shape index (κ3) is 4.99. The molecule has 1 unspecified atom stereocenters.